The van der Waals surface area contributed by atoms with Gasteiger partial charge in [0.2, 0.25) is 0 Å². The molecule has 0 bridgehead atoms. The van der Waals surface area contributed by atoms with E-state index in [2.05, 4.69) is 48.4 Å². The number of aryl methyl sites for hydroxylation is 1. The van der Waals surface area contributed by atoms with Crippen molar-refractivity contribution in [1.29, 1.82) is 0 Å². The zero-order valence-corrected chi connectivity index (χ0v) is 16.1. The van der Waals surface area contributed by atoms with Crippen molar-refractivity contribution in [2.45, 2.75) is 19.9 Å². The Morgan fingerprint density at radius 1 is 1.00 bits per heavy atom. The number of nitrogens with one attached hydrogen (secondary N) is 3. The highest BCUT2D eigenvalue weighted by Crippen LogP contribution is 2.30. The lowest BCUT2D eigenvalue weighted by atomic mass is 10.1. The predicted octanol–water partition coefficient (Wildman–Crippen LogP) is 1.40. The molecule has 0 radical (unpaired) electrons. The fourth-order valence-electron chi connectivity index (χ4n) is 3.38. The van der Waals surface area contributed by atoms with Crippen LogP contribution in [-0.4, -0.2) is 43.6 Å². The summed E-state index contributed by atoms with van der Waals surface area (Å²) in [7, 11) is 4.11. The molecule has 0 atom stereocenters. The molecule has 3 N–H and O–H groups in total. The van der Waals surface area contributed by atoms with Crippen LogP contribution in [0.1, 0.15) is 13.3 Å². The molecule has 1 heterocycles. The number of carbonyl (C=O) groups is 2. The van der Waals surface area contributed by atoms with Gasteiger partial charge in [-0.15, -0.1) is 0 Å². The maximum Gasteiger partial charge on any atom is 0.313 e. The molecular formula is C21H27N4O2+. The van der Waals surface area contributed by atoms with Crippen molar-refractivity contribution < 1.29 is 14.5 Å². The minimum atomic E-state index is -0.634. The summed E-state index contributed by atoms with van der Waals surface area (Å²) >= 11 is 0. The van der Waals surface area contributed by atoms with Crippen molar-refractivity contribution in [1.82, 2.24) is 9.88 Å². The Kier molecular flexibility index (Phi) is 5.76. The van der Waals surface area contributed by atoms with E-state index in [-0.39, 0.29) is 0 Å². The smallest absolute Gasteiger partial charge is 0.313 e. The molecule has 6 nitrogen and oxygen atoms in total. The Morgan fingerprint density at radius 3 is 2.48 bits per heavy atom. The zero-order valence-electron chi connectivity index (χ0n) is 16.1. The van der Waals surface area contributed by atoms with Gasteiger partial charge < -0.3 is 20.1 Å². The van der Waals surface area contributed by atoms with Crippen molar-refractivity contribution in [3.8, 4) is 0 Å². The maximum absolute atomic E-state index is 12.2. The second-order valence-corrected chi connectivity index (χ2v) is 7.01. The number of benzene rings is 2. The summed E-state index contributed by atoms with van der Waals surface area (Å²) in [6.45, 7) is 4.43. The highest BCUT2D eigenvalue weighted by molar-refractivity contribution is 6.39. The molecule has 0 aliphatic heterocycles. The number of carbonyl (C=O) groups excluding carboxylic acids is 2. The third kappa shape index (κ3) is 4.11. The van der Waals surface area contributed by atoms with Crippen LogP contribution in [0.4, 0.5) is 5.69 Å². The fraction of sp³-hybridized carbons (Fsp3) is 0.333. The van der Waals surface area contributed by atoms with Crippen molar-refractivity contribution in [3.05, 3.63) is 42.5 Å². The largest absolute Gasteiger partial charge is 0.348 e. The molecule has 0 aliphatic rings. The second-order valence-electron chi connectivity index (χ2n) is 7.01. The summed E-state index contributed by atoms with van der Waals surface area (Å²) in [4.78, 5) is 25.5. The van der Waals surface area contributed by atoms with Crippen LogP contribution in [0.15, 0.2) is 42.5 Å². The minimum absolute atomic E-state index is 0.500. The van der Waals surface area contributed by atoms with E-state index >= 15 is 0 Å². The van der Waals surface area contributed by atoms with Gasteiger partial charge in [-0.2, -0.15) is 0 Å². The molecule has 2 aromatic carbocycles. The molecule has 0 saturated heterocycles. The van der Waals surface area contributed by atoms with Crippen LogP contribution >= 0.6 is 0 Å². The van der Waals surface area contributed by atoms with Crippen LogP contribution < -0.4 is 15.5 Å². The Labute approximate surface area is 159 Å². The molecule has 2 amide bonds. The molecular weight excluding hydrogens is 340 g/mol. The average molecular weight is 367 g/mol. The molecule has 0 unspecified atom stereocenters. The number of hydrogen-bond donors (Lipinski definition) is 3. The van der Waals surface area contributed by atoms with Crippen LogP contribution in [0.5, 0.6) is 0 Å². The van der Waals surface area contributed by atoms with E-state index in [1.807, 2.05) is 30.3 Å². The first kappa shape index (κ1) is 18.9. The number of hydrogen-bond acceptors (Lipinski definition) is 2. The summed E-state index contributed by atoms with van der Waals surface area (Å²) in [6.07, 6.45) is 0.837. The van der Waals surface area contributed by atoms with E-state index in [1.54, 1.807) is 0 Å². The summed E-state index contributed by atoms with van der Waals surface area (Å²) in [6, 6.07) is 14.0. The molecule has 0 spiro atoms. The summed E-state index contributed by atoms with van der Waals surface area (Å²) < 4.78 is 2.25. The van der Waals surface area contributed by atoms with Gasteiger partial charge in [0.1, 0.15) is 0 Å². The van der Waals surface area contributed by atoms with Crippen molar-refractivity contribution >= 4 is 39.3 Å². The first-order valence-electron chi connectivity index (χ1n) is 9.40. The molecule has 3 rings (SSSR count). The van der Waals surface area contributed by atoms with E-state index in [1.165, 1.54) is 10.4 Å². The van der Waals surface area contributed by atoms with Crippen LogP contribution in [0, 0.1) is 0 Å². The molecule has 1 aromatic heterocycles. The normalized spacial score (nSPS) is 11.3. The Hall–Kier alpha value is -2.86. The number of nitrogens with zero attached hydrogens (tertiary/aromatic N) is 1. The van der Waals surface area contributed by atoms with Crippen molar-refractivity contribution in [3.63, 3.8) is 0 Å². The van der Waals surface area contributed by atoms with Crippen LogP contribution in [-0.2, 0) is 16.1 Å². The maximum atomic E-state index is 12.2. The topological polar surface area (TPSA) is 67.6 Å². The number of amides is 2. The number of para-hydroxylation sites is 1. The van der Waals surface area contributed by atoms with Gasteiger partial charge in [0.15, 0.2) is 0 Å². The van der Waals surface area contributed by atoms with E-state index in [0.29, 0.717) is 12.2 Å². The van der Waals surface area contributed by atoms with Crippen molar-refractivity contribution in [2.24, 2.45) is 0 Å². The lowest BCUT2D eigenvalue weighted by Crippen LogP contribution is -3.05. The molecule has 3 aromatic rings. The van der Waals surface area contributed by atoms with E-state index in [4.69, 9.17) is 0 Å². The van der Waals surface area contributed by atoms with Gasteiger partial charge in [-0.25, -0.2) is 0 Å². The molecule has 142 valence electrons. The Morgan fingerprint density at radius 2 is 1.74 bits per heavy atom. The molecule has 0 saturated carbocycles. The fourth-order valence-corrected chi connectivity index (χ4v) is 3.38. The third-order valence-electron chi connectivity index (χ3n) is 4.69. The molecule has 6 heteroatoms. The highest BCUT2D eigenvalue weighted by atomic mass is 16.2. The van der Waals surface area contributed by atoms with Gasteiger partial charge in [-0.05, 0) is 31.2 Å². The van der Waals surface area contributed by atoms with Gasteiger partial charge in [0.25, 0.3) is 0 Å². The zero-order chi connectivity index (χ0) is 19.4. The van der Waals surface area contributed by atoms with E-state index in [9.17, 15) is 9.59 Å². The predicted molar refractivity (Wildman–Crippen MR) is 109 cm³/mol. The monoisotopic (exact) mass is 367 g/mol. The van der Waals surface area contributed by atoms with Gasteiger partial charge >= 0.3 is 11.8 Å². The minimum Gasteiger partial charge on any atom is -0.348 e. The lowest BCUT2D eigenvalue weighted by molar-refractivity contribution is -0.858. The van der Waals surface area contributed by atoms with Crippen LogP contribution in [0.2, 0.25) is 0 Å². The lowest BCUT2D eigenvalue weighted by Gasteiger charge is -2.09. The number of rotatable bonds is 6. The molecule has 0 aliphatic carbocycles. The first-order chi connectivity index (χ1) is 13.0. The number of aromatic nitrogens is 1. The average Bonchev–Trinajstić information content (AvgIpc) is 2.98. The number of fused-ring (bicyclic) bond motifs is 3. The summed E-state index contributed by atoms with van der Waals surface area (Å²) in [5.41, 5.74) is 2.91. The molecule has 0 fully saturated rings. The van der Waals surface area contributed by atoms with Gasteiger partial charge in [0, 0.05) is 47.0 Å². The quantitative estimate of drug-likeness (QED) is 0.455. The van der Waals surface area contributed by atoms with Gasteiger partial charge in [-0.3, -0.25) is 9.59 Å². The van der Waals surface area contributed by atoms with Crippen LogP contribution in [0.3, 0.4) is 0 Å². The van der Waals surface area contributed by atoms with E-state index in [0.717, 1.165) is 35.8 Å². The summed E-state index contributed by atoms with van der Waals surface area (Å²) in [5, 5.41) is 7.59. The standard InChI is InChI=1S/C21H26N4O2/c1-4-25-18-9-6-5-8-16(18)17-14-15(10-11-19(17)25)23-21(27)20(26)22-12-7-13-24(2)3/h5-6,8-11,14H,4,7,12-13H2,1-3H3,(H,22,26)(H,23,27)/p+1. The van der Waals surface area contributed by atoms with Crippen molar-refractivity contribution in [2.75, 3.05) is 32.5 Å². The third-order valence-corrected chi connectivity index (χ3v) is 4.69. The van der Waals surface area contributed by atoms with Crippen LogP contribution in [0.25, 0.3) is 21.8 Å². The highest BCUT2D eigenvalue weighted by Gasteiger charge is 2.15. The Bertz CT molecular complexity index is 975. The first-order valence-corrected chi connectivity index (χ1v) is 9.40. The molecule has 27 heavy (non-hydrogen) atoms. The summed E-state index contributed by atoms with van der Waals surface area (Å²) in [5.74, 6) is -1.23. The number of anilines is 1. The second kappa shape index (κ2) is 8.22. The SMILES string of the molecule is CCn1c2ccccc2c2cc(NC(=O)C(=O)NCCC[NH+](C)C)ccc21. The number of quaternary nitrogens is 1. The van der Waals surface area contributed by atoms with E-state index < -0.39 is 11.8 Å². The van der Waals surface area contributed by atoms with Gasteiger partial charge in [0.05, 0.1) is 20.6 Å². The Balaban J connectivity index is 1.75. The van der Waals surface area contributed by atoms with Gasteiger partial charge in [-0.1, -0.05) is 18.2 Å².